The van der Waals surface area contributed by atoms with Crippen LogP contribution in [0.1, 0.15) is 68.7 Å². The topological polar surface area (TPSA) is 51.8 Å². The van der Waals surface area contributed by atoms with Crippen LogP contribution < -0.4 is 5.19 Å². The average molecular weight is 816 g/mol. The van der Waals surface area contributed by atoms with Crippen LogP contribution in [0.3, 0.4) is 0 Å². The number of nitrogens with zero attached hydrogens (tertiary/aromatic N) is 3. The second-order valence-electron chi connectivity index (χ2n) is 14.2. The smallest absolute Gasteiger partial charge is 0.216 e. The molecule has 2 aromatic carbocycles. The number of fused-ring (bicyclic) bond motifs is 3. The summed E-state index contributed by atoms with van der Waals surface area (Å²) in [4.78, 5) is 13.9. The number of benzene rings is 2. The van der Waals surface area contributed by atoms with Crippen molar-refractivity contribution in [3.05, 3.63) is 108 Å². The van der Waals surface area contributed by atoms with Crippen LogP contribution >= 0.6 is 0 Å². The third kappa shape index (κ3) is 8.17. The Morgan fingerprint density at radius 2 is 1.68 bits per heavy atom. The van der Waals surface area contributed by atoms with Crippen LogP contribution in [0.2, 0.25) is 19.6 Å². The van der Waals surface area contributed by atoms with E-state index in [1.165, 1.54) is 48.4 Å². The van der Waals surface area contributed by atoms with Crippen LogP contribution in [0, 0.1) is 25.0 Å². The summed E-state index contributed by atoms with van der Waals surface area (Å²) in [7, 11) is -1.34. The minimum Gasteiger partial charge on any atom is -0.486 e. The molecule has 1 aliphatic carbocycles. The monoisotopic (exact) mass is 816 g/mol. The molecule has 4 aromatic heterocycles. The van der Waals surface area contributed by atoms with Gasteiger partial charge in [0.25, 0.3) is 0 Å². The van der Waals surface area contributed by atoms with Gasteiger partial charge in [-0.2, -0.15) is 0 Å². The first-order valence-electron chi connectivity index (χ1n) is 16.8. The summed E-state index contributed by atoms with van der Waals surface area (Å²) >= 11 is 0. The maximum Gasteiger partial charge on any atom is 0.216 e. The van der Waals surface area contributed by atoms with E-state index >= 15 is 0 Å². The zero-order valence-electron chi connectivity index (χ0n) is 28.5. The molecule has 245 valence electrons. The van der Waals surface area contributed by atoms with Crippen LogP contribution in [0.15, 0.2) is 83.5 Å². The summed E-state index contributed by atoms with van der Waals surface area (Å²) in [5.41, 5.74) is 9.33. The van der Waals surface area contributed by atoms with E-state index in [9.17, 15) is 0 Å². The molecule has 6 heteroatoms. The van der Waals surface area contributed by atoms with Crippen molar-refractivity contribution in [3.63, 3.8) is 0 Å². The van der Waals surface area contributed by atoms with Gasteiger partial charge >= 0.3 is 0 Å². The normalized spacial score (nSPS) is 13.8. The molecule has 7 rings (SSSR count). The van der Waals surface area contributed by atoms with Gasteiger partial charge in [0.1, 0.15) is 0 Å². The van der Waals surface area contributed by atoms with Gasteiger partial charge in [0.05, 0.1) is 13.7 Å². The first-order chi connectivity index (χ1) is 22.2. The van der Waals surface area contributed by atoms with Crippen LogP contribution in [0.5, 0.6) is 0 Å². The molecule has 1 saturated carbocycles. The molecular weight excluding hydrogens is 771 g/mol. The Balaban J connectivity index is 0.000000188. The molecule has 0 N–H and O–H groups in total. The average Bonchev–Trinajstić information content (AvgIpc) is 3.43. The second-order valence-corrected chi connectivity index (χ2v) is 19.2. The summed E-state index contributed by atoms with van der Waals surface area (Å²) in [5, 5.41) is 3.61. The number of rotatable bonds is 6. The van der Waals surface area contributed by atoms with Gasteiger partial charge in [0.2, 0.25) is 5.71 Å². The number of furan rings is 1. The Hall–Kier alpha value is -3.44. The van der Waals surface area contributed by atoms with Gasteiger partial charge in [-0.05, 0) is 72.8 Å². The second kappa shape index (κ2) is 15.2. The van der Waals surface area contributed by atoms with Crippen LogP contribution in [-0.2, 0) is 26.5 Å². The van der Waals surface area contributed by atoms with E-state index in [0.717, 1.165) is 51.0 Å². The molecule has 0 atom stereocenters. The number of pyridine rings is 3. The molecule has 0 amide bonds. The molecule has 0 saturated heterocycles. The molecule has 0 spiro atoms. The quantitative estimate of drug-likeness (QED) is 0.124. The molecule has 1 radical (unpaired) electrons. The summed E-state index contributed by atoms with van der Waals surface area (Å²) < 4.78 is 6.12. The van der Waals surface area contributed by atoms with E-state index < -0.39 is 8.07 Å². The van der Waals surface area contributed by atoms with E-state index in [1.807, 2.05) is 49.5 Å². The van der Waals surface area contributed by atoms with Crippen LogP contribution in [0.25, 0.3) is 44.6 Å². The van der Waals surface area contributed by atoms with Gasteiger partial charge in [0.15, 0.2) is 0 Å². The SMILES string of the molecule is CC(C)Cc1cc(-c2[c-]cccc2)ncc1[Si](C)(C)C.Cc1ccc2c(n1)oc1c(-c3cc(C4CCCCC4)ccn3)[c-]ccc12.[Ir]. The minimum absolute atomic E-state index is 0. The summed E-state index contributed by atoms with van der Waals surface area (Å²) in [6.45, 7) is 13.7. The van der Waals surface area contributed by atoms with Gasteiger partial charge in [-0.15, -0.1) is 54.1 Å². The number of aromatic nitrogens is 3. The predicted octanol–water partition coefficient (Wildman–Crippen LogP) is 10.5. The Kier molecular flexibility index (Phi) is 11.3. The summed E-state index contributed by atoms with van der Waals surface area (Å²) in [6.07, 6.45) is 11.8. The molecular formula is C41H45IrN3OSi-2. The Labute approximate surface area is 294 Å². The van der Waals surface area contributed by atoms with E-state index in [4.69, 9.17) is 4.42 Å². The van der Waals surface area contributed by atoms with E-state index in [-0.39, 0.29) is 20.1 Å². The predicted molar refractivity (Wildman–Crippen MR) is 194 cm³/mol. The third-order valence-electron chi connectivity index (χ3n) is 8.97. The van der Waals surface area contributed by atoms with Gasteiger partial charge < -0.3 is 14.4 Å². The number of hydrogen-bond donors (Lipinski definition) is 0. The molecule has 0 bridgehead atoms. The van der Waals surface area contributed by atoms with Gasteiger partial charge in [-0.25, -0.2) is 4.98 Å². The maximum atomic E-state index is 6.12. The Morgan fingerprint density at radius 3 is 2.40 bits per heavy atom. The van der Waals surface area contributed by atoms with Gasteiger partial charge in [0, 0.05) is 43.6 Å². The van der Waals surface area contributed by atoms with Crippen molar-refractivity contribution in [1.29, 1.82) is 0 Å². The number of aryl methyl sites for hydroxylation is 1. The summed E-state index contributed by atoms with van der Waals surface area (Å²) in [5.74, 6) is 1.32. The molecule has 1 aliphatic rings. The van der Waals surface area contributed by atoms with Crippen molar-refractivity contribution in [2.75, 3.05) is 0 Å². The van der Waals surface area contributed by atoms with Crippen molar-refractivity contribution in [2.45, 2.75) is 84.9 Å². The van der Waals surface area contributed by atoms with Crippen molar-refractivity contribution < 1.29 is 24.5 Å². The van der Waals surface area contributed by atoms with Crippen molar-refractivity contribution in [2.24, 2.45) is 5.92 Å². The minimum atomic E-state index is -1.34. The summed E-state index contributed by atoms with van der Waals surface area (Å²) in [6, 6.07) is 29.5. The first-order valence-corrected chi connectivity index (χ1v) is 20.3. The number of hydrogen-bond acceptors (Lipinski definition) is 4. The van der Waals surface area contributed by atoms with Gasteiger partial charge in [-0.3, -0.25) is 0 Å². The Bertz CT molecular complexity index is 1940. The molecule has 1 fully saturated rings. The standard InChI is InChI=1S/C23H21N2O.C18H24NSi.Ir/c1-15-10-11-19-18-8-5-9-20(22(18)26-23(19)25-15)21-14-17(12-13-24-21)16-6-3-2-4-7-16;1-14(2)11-16-12-17(15-9-7-6-8-10-15)19-13-18(16)20(3,4)5;/h5,8,10-14,16H,2-4,6-7H2,1H3;6-9,12-14H,11H2,1-5H3;/q2*-1;. The molecule has 6 aromatic rings. The fourth-order valence-corrected chi connectivity index (χ4v) is 8.25. The molecule has 0 unspecified atom stereocenters. The van der Waals surface area contributed by atoms with E-state index in [2.05, 4.69) is 97.1 Å². The van der Waals surface area contributed by atoms with Crippen LogP contribution in [0.4, 0.5) is 0 Å². The van der Waals surface area contributed by atoms with Gasteiger partial charge in [-0.1, -0.05) is 87.0 Å². The van der Waals surface area contributed by atoms with Crippen molar-refractivity contribution in [1.82, 2.24) is 15.0 Å². The Morgan fingerprint density at radius 1 is 0.872 bits per heavy atom. The van der Waals surface area contributed by atoms with E-state index in [0.29, 0.717) is 17.5 Å². The first kappa shape index (κ1) is 34.9. The largest absolute Gasteiger partial charge is 0.486 e. The molecule has 4 nitrogen and oxygen atoms in total. The zero-order chi connectivity index (χ0) is 32.3. The fraction of sp³-hybridized carbons (Fsp3) is 0.341. The molecule has 4 heterocycles. The third-order valence-corrected chi connectivity index (χ3v) is 11.0. The molecule has 0 aliphatic heterocycles. The van der Waals surface area contributed by atoms with Crippen molar-refractivity contribution >= 4 is 35.3 Å². The zero-order valence-corrected chi connectivity index (χ0v) is 31.9. The maximum absolute atomic E-state index is 6.12. The van der Waals surface area contributed by atoms with E-state index in [1.54, 1.807) is 0 Å². The van der Waals surface area contributed by atoms with Crippen molar-refractivity contribution in [3.8, 4) is 22.5 Å². The molecule has 47 heavy (non-hydrogen) atoms. The fourth-order valence-electron chi connectivity index (χ4n) is 6.66. The van der Waals surface area contributed by atoms with Crippen LogP contribution in [-0.4, -0.2) is 23.0 Å².